The van der Waals surface area contributed by atoms with Crippen molar-refractivity contribution in [3.8, 4) is 0 Å². The minimum Gasteiger partial charge on any atom is -0.383 e. The first-order valence-corrected chi connectivity index (χ1v) is 10.3. The second-order valence-corrected chi connectivity index (χ2v) is 8.01. The molecule has 0 aromatic heterocycles. The van der Waals surface area contributed by atoms with Crippen molar-refractivity contribution in [1.29, 1.82) is 0 Å². The van der Waals surface area contributed by atoms with Gasteiger partial charge in [0, 0.05) is 5.56 Å². The van der Waals surface area contributed by atoms with Crippen LogP contribution in [0, 0.1) is 11.6 Å². The maximum Gasteiger partial charge on any atom is 0.273 e. The average molecular weight is 419 g/mol. The molecular weight excluding hydrogens is 396 g/mol. The molecule has 2 aromatic rings. The molecule has 1 unspecified atom stereocenters. The van der Waals surface area contributed by atoms with E-state index in [9.17, 15) is 18.7 Å². The Balaban J connectivity index is 2.15. The maximum atomic E-state index is 14.4. The number of nitrogens with two attached hydrogens (primary N) is 1. The van der Waals surface area contributed by atoms with Crippen molar-refractivity contribution in [1.82, 2.24) is 5.01 Å². The van der Waals surface area contributed by atoms with Gasteiger partial charge in [-0.25, -0.2) is 13.8 Å². The highest BCUT2D eigenvalue weighted by Gasteiger charge is 2.49. The van der Waals surface area contributed by atoms with Crippen LogP contribution in [0.3, 0.4) is 0 Å². The Morgan fingerprint density at radius 1 is 1.28 bits per heavy atom. The number of amides is 1. The smallest absolute Gasteiger partial charge is 0.273 e. The number of carbonyl (C=O) groups excluding carboxylic acids is 1. The summed E-state index contributed by atoms with van der Waals surface area (Å²) in [5.41, 5.74) is 6.48. The van der Waals surface area contributed by atoms with E-state index in [1.807, 2.05) is 30.3 Å². The molecule has 0 bridgehead atoms. The van der Waals surface area contributed by atoms with Gasteiger partial charge in [-0.2, -0.15) is 5.10 Å². The molecule has 3 rings (SSSR count). The Bertz CT molecular complexity index is 910. The minimum absolute atomic E-state index is 0.0238. The second kappa shape index (κ2) is 9.02. The van der Waals surface area contributed by atoms with Crippen LogP contribution in [0.5, 0.6) is 0 Å². The molecule has 8 heteroatoms. The van der Waals surface area contributed by atoms with Crippen LogP contribution in [0.15, 0.2) is 53.6 Å². The summed E-state index contributed by atoms with van der Waals surface area (Å²) in [6, 6.07) is 12.3. The fourth-order valence-electron chi connectivity index (χ4n) is 3.23. The molecule has 0 aliphatic carbocycles. The summed E-state index contributed by atoms with van der Waals surface area (Å²) in [6.07, 6.45) is -0.0369. The Morgan fingerprint density at radius 3 is 2.66 bits per heavy atom. The number of aliphatic hydroxyl groups is 1. The molecule has 1 aliphatic heterocycles. The molecule has 1 amide bonds. The SMILES string of the molecule is CC[C@@H](O)C(=O)N1N=C(c2cc(F)ccc2F)SC1(CCCN)c1ccccc1. The van der Waals surface area contributed by atoms with Crippen molar-refractivity contribution in [3.05, 3.63) is 71.3 Å². The zero-order chi connectivity index (χ0) is 21.0. The van der Waals surface area contributed by atoms with Crippen LogP contribution in [0.25, 0.3) is 0 Å². The van der Waals surface area contributed by atoms with Crippen molar-refractivity contribution in [3.63, 3.8) is 0 Å². The van der Waals surface area contributed by atoms with Crippen LogP contribution >= 0.6 is 11.8 Å². The number of carbonyl (C=O) groups is 1. The lowest BCUT2D eigenvalue weighted by molar-refractivity contribution is -0.144. The maximum absolute atomic E-state index is 14.4. The number of halogens is 2. The topological polar surface area (TPSA) is 78.9 Å². The Morgan fingerprint density at radius 2 is 2.00 bits per heavy atom. The van der Waals surface area contributed by atoms with Crippen molar-refractivity contribution in [2.75, 3.05) is 6.54 Å². The first kappa shape index (κ1) is 21.4. The molecule has 0 saturated carbocycles. The molecular formula is C21H23F2N3O2S. The van der Waals surface area contributed by atoms with Gasteiger partial charge in [0.05, 0.1) is 0 Å². The van der Waals surface area contributed by atoms with Crippen LogP contribution in [0.2, 0.25) is 0 Å². The van der Waals surface area contributed by atoms with E-state index in [0.717, 1.165) is 23.8 Å². The monoisotopic (exact) mass is 419 g/mol. The van der Waals surface area contributed by atoms with Gasteiger partial charge >= 0.3 is 0 Å². The highest BCUT2D eigenvalue weighted by atomic mass is 32.2. The molecule has 2 aromatic carbocycles. The van der Waals surface area contributed by atoms with Crippen LogP contribution in [-0.4, -0.2) is 33.7 Å². The van der Waals surface area contributed by atoms with Crippen molar-refractivity contribution in [2.45, 2.75) is 37.2 Å². The highest BCUT2D eigenvalue weighted by Crippen LogP contribution is 2.50. The molecule has 1 heterocycles. The van der Waals surface area contributed by atoms with Crippen molar-refractivity contribution < 1.29 is 18.7 Å². The van der Waals surface area contributed by atoms with Crippen LogP contribution in [0.1, 0.15) is 37.3 Å². The molecule has 154 valence electrons. The normalized spacial score (nSPS) is 19.9. The van der Waals surface area contributed by atoms with Gasteiger partial charge in [0.1, 0.15) is 27.7 Å². The van der Waals surface area contributed by atoms with Gasteiger partial charge < -0.3 is 10.8 Å². The Kier molecular flexibility index (Phi) is 6.66. The van der Waals surface area contributed by atoms with Gasteiger partial charge in [0.25, 0.3) is 5.91 Å². The van der Waals surface area contributed by atoms with Crippen LogP contribution in [0.4, 0.5) is 8.78 Å². The third-order valence-corrected chi connectivity index (χ3v) is 6.23. The van der Waals surface area contributed by atoms with E-state index < -0.39 is 28.5 Å². The van der Waals surface area contributed by atoms with Gasteiger partial charge in [-0.15, -0.1) is 0 Å². The van der Waals surface area contributed by atoms with Gasteiger partial charge in [0.2, 0.25) is 0 Å². The standard InChI is InChI=1S/C21H23F2N3O2S/c1-2-18(27)20(28)26-21(11-6-12-24,14-7-4-3-5-8-14)29-19(25-26)16-13-15(22)9-10-17(16)23/h3-5,7-10,13,18,27H,2,6,11-12,24H2,1H3/t18-,21?/m1/s1. The van der Waals surface area contributed by atoms with E-state index in [0.29, 0.717) is 19.4 Å². The molecule has 0 spiro atoms. The lowest BCUT2D eigenvalue weighted by atomic mass is 9.99. The number of benzene rings is 2. The number of rotatable bonds is 7. The fraction of sp³-hybridized carbons (Fsp3) is 0.333. The molecule has 0 fully saturated rings. The van der Waals surface area contributed by atoms with Crippen molar-refractivity contribution in [2.24, 2.45) is 10.8 Å². The van der Waals surface area contributed by atoms with E-state index in [-0.39, 0.29) is 17.0 Å². The summed E-state index contributed by atoms with van der Waals surface area (Å²) in [6.45, 7) is 2.07. The summed E-state index contributed by atoms with van der Waals surface area (Å²) in [5, 5.41) is 16.0. The number of aliphatic hydroxyl groups excluding tert-OH is 1. The highest BCUT2D eigenvalue weighted by molar-refractivity contribution is 8.15. The van der Waals surface area contributed by atoms with E-state index in [2.05, 4.69) is 5.10 Å². The summed E-state index contributed by atoms with van der Waals surface area (Å²) >= 11 is 1.17. The first-order valence-electron chi connectivity index (χ1n) is 9.43. The summed E-state index contributed by atoms with van der Waals surface area (Å²) in [4.78, 5) is 12.0. The number of thioether (sulfide) groups is 1. The summed E-state index contributed by atoms with van der Waals surface area (Å²) in [7, 11) is 0. The fourth-order valence-corrected chi connectivity index (χ4v) is 4.66. The molecule has 2 atom stereocenters. The van der Waals surface area contributed by atoms with E-state index >= 15 is 0 Å². The number of hydrazone groups is 1. The van der Waals surface area contributed by atoms with Crippen molar-refractivity contribution >= 4 is 22.7 Å². The lowest BCUT2D eigenvalue weighted by Gasteiger charge is -2.36. The molecule has 29 heavy (non-hydrogen) atoms. The number of hydrogen-bond acceptors (Lipinski definition) is 5. The van der Waals surface area contributed by atoms with Gasteiger partial charge in [-0.05, 0) is 49.6 Å². The first-order chi connectivity index (χ1) is 13.9. The predicted octanol–water partition coefficient (Wildman–Crippen LogP) is 3.56. The van der Waals surface area contributed by atoms with Gasteiger partial charge in [-0.3, -0.25) is 4.79 Å². The second-order valence-electron chi connectivity index (χ2n) is 6.75. The van der Waals surface area contributed by atoms with E-state index in [1.165, 1.54) is 16.8 Å². The third kappa shape index (κ3) is 4.19. The largest absolute Gasteiger partial charge is 0.383 e. The Hall–Kier alpha value is -2.29. The molecule has 3 N–H and O–H groups in total. The average Bonchev–Trinajstić information content (AvgIpc) is 3.14. The van der Waals surface area contributed by atoms with Crippen LogP contribution in [-0.2, 0) is 9.67 Å². The lowest BCUT2D eigenvalue weighted by Crippen LogP contribution is -2.46. The minimum atomic E-state index is -1.25. The zero-order valence-electron chi connectivity index (χ0n) is 16.0. The molecule has 1 aliphatic rings. The van der Waals surface area contributed by atoms with E-state index in [1.54, 1.807) is 6.92 Å². The van der Waals surface area contributed by atoms with E-state index in [4.69, 9.17) is 5.73 Å². The third-order valence-electron chi connectivity index (χ3n) is 4.78. The summed E-state index contributed by atoms with van der Waals surface area (Å²) < 4.78 is 28.2. The van der Waals surface area contributed by atoms with Gasteiger partial charge in [-0.1, -0.05) is 49.0 Å². The quantitative estimate of drug-likeness (QED) is 0.719. The Labute approximate surface area is 172 Å². The summed E-state index contributed by atoms with van der Waals surface area (Å²) in [5.74, 6) is -1.83. The zero-order valence-corrected chi connectivity index (χ0v) is 16.8. The molecule has 0 saturated heterocycles. The molecule has 0 radical (unpaired) electrons. The van der Waals surface area contributed by atoms with Crippen LogP contribution < -0.4 is 5.73 Å². The number of nitrogens with zero attached hydrogens (tertiary/aromatic N) is 2. The van der Waals surface area contributed by atoms with Gasteiger partial charge in [0.15, 0.2) is 0 Å². The molecule has 5 nitrogen and oxygen atoms in total. The number of hydrogen-bond donors (Lipinski definition) is 2. The predicted molar refractivity (Wildman–Crippen MR) is 110 cm³/mol.